The van der Waals surface area contributed by atoms with Crippen LogP contribution in [-0.2, 0) is 13.0 Å². The Bertz CT molecular complexity index is 361. The first-order valence-corrected chi connectivity index (χ1v) is 6.62. The molecule has 1 rings (SSSR count). The van der Waals surface area contributed by atoms with Gasteiger partial charge in [0.25, 0.3) is 0 Å². The average Bonchev–Trinajstić information content (AvgIpc) is 2.34. The summed E-state index contributed by atoms with van der Waals surface area (Å²) in [6.45, 7) is 8.23. The number of rotatable bonds is 5. The lowest BCUT2D eigenvalue weighted by atomic mass is 10.1. The highest BCUT2D eigenvalue weighted by molar-refractivity contribution is 7.80. The fraction of sp³-hybridized carbons (Fsp3) is 0.500. The molecule has 0 spiro atoms. The molecule has 17 heavy (non-hydrogen) atoms. The lowest BCUT2D eigenvalue weighted by Crippen LogP contribution is -2.36. The zero-order valence-electron chi connectivity index (χ0n) is 10.9. The highest BCUT2D eigenvalue weighted by Crippen LogP contribution is 2.08. The van der Waals surface area contributed by atoms with Crippen molar-refractivity contribution in [3.05, 3.63) is 35.4 Å². The number of hydrogen-bond acceptors (Lipinski definition) is 1. The first-order valence-electron chi connectivity index (χ1n) is 6.22. The Morgan fingerprint density at radius 3 is 2.41 bits per heavy atom. The Balaban J connectivity index is 2.42. The second-order valence-corrected chi connectivity index (χ2v) is 4.99. The molecule has 0 aromatic heterocycles. The van der Waals surface area contributed by atoms with Gasteiger partial charge in [-0.25, -0.2) is 0 Å². The summed E-state index contributed by atoms with van der Waals surface area (Å²) in [6.07, 6.45) is 1.06. The van der Waals surface area contributed by atoms with Crippen LogP contribution in [0.2, 0.25) is 0 Å². The van der Waals surface area contributed by atoms with Crippen molar-refractivity contribution in [2.75, 3.05) is 6.54 Å². The van der Waals surface area contributed by atoms with Gasteiger partial charge in [0.1, 0.15) is 0 Å². The monoisotopic (exact) mass is 250 g/mol. The van der Waals surface area contributed by atoms with Crippen LogP contribution in [0.5, 0.6) is 0 Å². The second kappa shape index (κ2) is 7.28. The molecule has 0 amide bonds. The molecular formula is C14H22N2S. The topological polar surface area (TPSA) is 24.1 Å². The quantitative estimate of drug-likeness (QED) is 0.786. The maximum atomic E-state index is 5.23. The van der Waals surface area contributed by atoms with Crippen molar-refractivity contribution < 1.29 is 0 Å². The normalized spacial score (nSPS) is 10.4. The summed E-state index contributed by atoms with van der Waals surface area (Å²) in [7, 11) is 0. The van der Waals surface area contributed by atoms with Gasteiger partial charge in [-0.1, -0.05) is 45.0 Å². The van der Waals surface area contributed by atoms with Crippen molar-refractivity contribution in [1.82, 2.24) is 10.6 Å². The molecular weight excluding hydrogens is 228 g/mol. The lowest BCUT2D eigenvalue weighted by Gasteiger charge is -2.13. The Kier molecular flexibility index (Phi) is 5.98. The number of nitrogens with one attached hydrogen (secondary N) is 2. The van der Waals surface area contributed by atoms with Gasteiger partial charge in [0, 0.05) is 13.1 Å². The summed E-state index contributed by atoms with van der Waals surface area (Å²) in [5.74, 6) is 0.609. The molecule has 0 heterocycles. The highest BCUT2D eigenvalue weighted by Gasteiger charge is 2.01. The molecule has 1 aromatic rings. The molecule has 2 nitrogen and oxygen atoms in total. The minimum absolute atomic E-state index is 0.609. The van der Waals surface area contributed by atoms with Gasteiger partial charge in [0.2, 0.25) is 0 Å². The molecule has 94 valence electrons. The largest absolute Gasteiger partial charge is 0.362 e. The minimum Gasteiger partial charge on any atom is -0.362 e. The standard InChI is InChI=1S/C14H22N2S/c1-4-12-7-5-6-8-13(12)10-16-14(17)15-9-11(2)3/h5-8,11H,4,9-10H2,1-3H3,(H2,15,16,17). The van der Waals surface area contributed by atoms with E-state index in [1.165, 1.54) is 11.1 Å². The predicted octanol–water partition coefficient (Wildman–Crippen LogP) is 2.87. The van der Waals surface area contributed by atoms with Crippen molar-refractivity contribution in [2.45, 2.75) is 33.7 Å². The summed E-state index contributed by atoms with van der Waals surface area (Å²) in [4.78, 5) is 0. The molecule has 0 saturated carbocycles. The number of thiocarbonyl (C=S) groups is 1. The van der Waals surface area contributed by atoms with E-state index in [9.17, 15) is 0 Å². The van der Waals surface area contributed by atoms with Gasteiger partial charge in [-0.05, 0) is 35.7 Å². The van der Waals surface area contributed by atoms with E-state index in [1.807, 2.05) is 0 Å². The SMILES string of the molecule is CCc1ccccc1CNC(=S)NCC(C)C. The van der Waals surface area contributed by atoms with E-state index in [1.54, 1.807) is 0 Å². The van der Waals surface area contributed by atoms with Crippen molar-refractivity contribution in [1.29, 1.82) is 0 Å². The van der Waals surface area contributed by atoms with Crippen LogP contribution >= 0.6 is 12.2 Å². The summed E-state index contributed by atoms with van der Waals surface area (Å²) in [5.41, 5.74) is 2.70. The van der Waals surface area contributed by atoms with E-state index < -0.39 is 0 Å². The molecule has 0 bridgehead atoms. The fourth-order valence-electron chi connectivity index (χ4n) is 1.61. The summed E-state index contributed by atoms with van der Waals surface area (Å²) < 4.78 is 0. The van der Waals surface area contributed by atoms with E-state index >= 15 is 0 Å². The maximum Gasteiger partial charge on any atom is 0.166 e. The zero-order valence-corrected chi connectivity index (χ0v) is 11.7. The average molecular weight is 250 g/mol. The Morgan fingerprint density at radius 1 is 1.18 bits per heavy atom. The number of hydrogen-bond donors (Lipinski definition) is 2. The molecule has 3 heteroatoms. The minimum atomic E-state index is 0.609. The first-order chi connectivity index (χ1) is 8.13. The van der Waals surface area contributed by atoms with E-state index in [2.05, 4.69) is 55.7 Å². The third-order valence-electron chi connectivity index (χ3n) is 2.61. The van der Waals surface area contributed by atoms with Gasteiger partial charge >= 0.3 is 0 Å². The number of benzene rings is 1. The van der Waals surface area contributed by atoms with Crippen molar-refractivity contribution in [2.24, 2.45) is 5.92 Å². The second-order valence-electron chi connectivity index (χ2n) is 4.58. The predicted molar refractivity (Wildman–Crippen MR) is 78.1 cm³/mol. The van der Waals surface area contributed by atoms with Crippen LogP contribution in [-0.4, -0.2) is 11.7 Å². The Labute approximate surface area is 110 Å². The third-order valence-corrected chi connectivity index (χ3v) is 2.90. The van der Waals surface area contributed by atoms with Crippen LogP contribution in [0.1, 0.15) is 31.9 Å². The molecule has 2 N–H and O–H groups in total. The van der Waals surface area contributed by atoms with E-state index in [0.29, 0.717) is 5.92 Å². The molecule has 0 aliphatic heterocycles. The molecule has 0 radical (unpaired) electrons. The molecule has 0 saturated heterocycles. The van der Waals surface area contributed by atoms with Crippen LogP contribution < -0.4 is 10.6 Å². The fourth-order valence-corrected chi connectivity index (χ4v) is 1.77. The van der Waals surface area contributed by atoms with Crippen LogP contribution in [0.3, 0.4) is 0 Å². The van der Waals surface area contributed by atoms with Gasteiger partial charge < -0.3 is 10.6 Å². The van der Waals surface area contributed by atoms with Crippen LogP contribution in [0, 0.1) is 5.92 Å². The molecule has 0 fully saturated rings. The summed E-state index contributed by atoms with van der Waals surface area (Å²) >= 11 is 5.23. The Morgan fingerprint density at radius 2 is 1.82 bits per heavy atom. The van der Waals surface area contributed by atoms with Gasteiger partial charge in [-0.2, -0.15) is 0 Å². The zero-order chi connectivity index (χ0) is 12.7. The maximum absolute atomic E-state index is 5.23. The van der Waals surface area contributed by atoms with E-state index in [-0.39, 0.29) is 0 Å². The first kappa shape index (κ1) is 14.0. The van der Waals surface area contributed by atoms with E-state index in [4.69, 9.17) is 12.2 Å². The molecule has 0 unspecified atom stereocenters. The summed E-state index contributed by atoms with van der Waals surface area (Å²) in [5, 5.41) is 7.20. The van der Waals surface area contributed by atoms with Crippen molar-refractivity contribution >= 4 is 17.3 Å². The smallest absolute Gasteiger partial charge is 0.166 e. The van der Waals surface area contributed by atoms with Crippen LogP contribution in [0.4, 0.5) is 0 Å². The van der Waals surface area contributed by atoms with Crippen molar-refractivity contribution in [3.63, 3.8) is 0 Å². The summed E-state index contributed by atoms with van der Waals surface area (Å²) in [6, 6.07) is 8.47. The van der Waals surface area contributed by atoms with Gasteiger partial charge in [-0.15, -0.1) is 0 Å². The van der Waals surface area contributed by atoms with E-state index in [0.717, 1.165) is 24.6 Å². The molecule has 0 aliphatic rings. The van der Waals surface area contributed by atoms with Gasteiger partial charge in [-0.3, -0.25) is 0 Å². The van der Waals surface area contributed by atoms with Crippen LogP contribution in [0.25, 0.3) is 0 Å². The highest BCUT2D eigenvalue weighted by atomic mass is 32.1. The van der Waals surface area contributed by atoms with Crippen molar-refractivity contribution in [3.8, 4) is 0 Å². The van der Waals surface area contributed by atoms with Gasteiger partial charge in [0.15, 0.2) is 5.11 Å². The third kappa shape index (κ3) is 5.18. The Hall–Kier alpha value is -1.09. The molecule has 1 aromatic carbocycles. The lowest BCUT2D eigenvalue weighted by molar-refractivity contribution is 0.619. The number of aryl methyl sites for hydroxylation is 1. The van der Waals surface area contributed by atoms with Gasteiger partial charge in [0.05, 0.1) is 0 Å². The molecule has 0 atom stereocenters. The van der Waals surface area contributed by atoms with Crippen LogP contribution in [0.15, 0.2) is 24.3 Å². The molecule has 0 aliphatic carbocycles.